The molecule has 4 rings (SSSR count). The van der Waals surface area contributed by atoms with Crippen LogP contribution >= 0.6 is 11.6 Å². The summed E-state index contributed by atoms with van der Waals surface area (Å²) in [7, 11) is -3.11. The van der Waals surface area contributed by atoms with Crippen molar-refractivity contribution in [1.29, 1.82) is 5.26 Å². The van der Waals surface area contributed by atoms with E-state index in [2.05, 4.69) is 20.2 Å². The highest BCUT2D eigenvalue weighted by Crippen LogP contribution is 2.37. The minimum atomic E-state index is -3.11. The van der Waals surface area contributed by atoms with E-state index in [-0.39, 0.29) is 27.9 Å². The van der Waals surface area contributed by atoms with Gasteiger partial charge in [0.2, 0.25) is 0 Å². The van der Waals surface area contributed by atoms with Crippen LogP contribution in [-0.4, -0.2) is 61.1 Å². The molecule has 0 atom stereocenters. The lowest BCUT2D eigenvalue weighted by atomic mass is 9.90. The van der Waals surface area contributed by atoms with E-state index in [1.165, 1.54) is 24.7 Å². The number of carbonyl (C=O) groups excluding carboxylic acids is 1. The number of ether oxygens (including phenoxy) is 1. The molecule has 2 fully saturated rings. The van der Waals surface area contributed by atoms with E-state index in [4.69, 9.17) is 27.3 Å². The quantitative estimate of drug-likeness (QED) is 0.547. The highest BCUT2D eigenvalue weighted by Gasteiger charge is 2.36. The zero-order valence-electron chi connectivity index (χ0n) is 20.0. The Morgan fingerprint density at radius 3 is 2.39 bits per heavy atom. The molecule has 0 unspecified atom stereocenters. The van der Waals surface area contributed by atoms with Crippen LogP contribution in [0.2, 0.25) is 5.02 Å². The SMILES string of the molecule is CS(=O)(=O)C1CCC(N(c2cc(Nc3ncc(C#N)cc3Cl)ncc2C(N)=O)C2CCOCC2)CC1. The summed E-state index contributed by atoms with van der Waals surface area (Å²) in [5.74, 6) is 0.142. The van der Waals surface area contributed by atoms with Gasteiger partial charge in [-0.05, 0) is 44.6 Å². The Labute approximate surface area is 215 Å². The molecule has 1 aliphatic heterocycles. The van der Waals surface area contributed by atoms with E-state index < -0.39 is 15.7 Å². The summed E-state index contributed by atoms with van der Waals surface area (Å²) in [6.07, 6.45) is 8.18. The number of hydrogen-bond donors (Lipinski definition) is 2. The Hall–Kier alpha value is -2.94. The number of primary amides is 1. The number of hydrogen-bond acceptors (Lipinski definition) is 9. The van der Waals surface area contributed by atoms with Gasteiger partial charge in [-0.2, -0.15) is 5.26 Å². The Morgan fingerprint density at radius 2 is 1.81 bits per heavy atom. The molecule has 2 aromatic rings. The summed E-state index contributed by atoms with van der Waals surface area (Å²) >= 11 is 6.28. The number of pyridine rings is 2. The lowest BCUT2D eigenvalue weighted by Crippen LogP contribution is -2.49. The van der Waals surface area contributed by atoms with E-state index >= 15 is 0 Å². The van der Waals surface area contributed by atoms with Crippen molar-refractivity contribution in [2.75, 3.05) is 29.7 Å². The molecule has 1 saturated heterocycles. The molecule has 3 N–H and O–H groups in total. The third-order valence-corrected chi connectivity index (χ3v) is 8.84. The molecule has 2 aromatic heterocycles. The maximum atomic E-state index is 12.4. The average Bonchev–Trinajstić information content (AvgIpc) is 2.86. The van der Waals surface area contributed by atoms with Crippen LogP contribution in [0, 0.1) is 11.3 Å². The Morgan fingerprint density at radius 1 is 1.14 bits per heavy atom. The fraction of sp³-hybridized carbons (Fsp3) is 0.500. The van der Waals surface area contributed by atoms with Crippen LogP contribution in [0.25, 0.3) is 0 Å². The van der Waals surface area contributed by atoms with Crippen molar-refractivity contribution >= 4 is 44.7 Å². The topological polar surface area (TPSA) is 151 Å². The summed E-state index contributed by atoms with van der Waals surface area (Å²) < 4.78 is 29.8. The highest BCUT2D eigenvalue weighted by molar-refractivity contribution is 7.91. The Balaban J connectivity index is 1.70. The van der Waals surface area contributed by atoms with E-state index in [0.29, 0.717) is 61.8 Å². The van der Waals surface area contributed by atoms with Gasteiger partial charge in [0, 0.05) is 50.0 Å². The summed E-state index contributed by atoms with van der Waals surface area (Å²) in [5, 5.41) is 12.0. The zero-order chi connectivity index (χ0) is 25.9. The number of aromatic nitrogens is 2. The molecule has 0 aromatic carbocycles. The molecule has 192 valence electrons. The van der Waals surface area contributed by atoms with Gasteiger partial charge in [-0.25, -0.2) is 18.4 Å². The number of halogens is 1. The van der Waals surface area contributed by atoms with Crippen molar-refractivity contribution in [3.05, 3.63) is 40.7 Å². The number of sulfone groups is 1. The number of anilines is 3. The fourth-order valence-electron chi connectivity index (χ4n) is 5.04. The van der Waals surface area contributed by atoms with E-state index in [1.807, 2.05) is 6.07 Å². The first-order valence-electron chi connectivity index (χ1n) is 11.8. The molecule has 1 aliphatic carbocycles. The molecule has 2 aliphatic rings. The number of nitrogens with zero attached hydrogens (tertiary/aromatic N) is 4. The molecular formula is C24H29ClN6O4S. The van der Waals surface area contributed by atoms with E-state index in [1.54, 1.807) is 6.07 Å². The maximum Gasteiger partial charge on any atom is 0.252 e. The van der Waals surface area contributed by atoms with Crippen molar-refractivity contribution in [1.82, 2.24) is 9.97 Å². The number of amides is 1. The van der Waals surface area contributed by atoms with Crippen molar-refractivity contribution in [2.45, 2.75) is 55.9 Å². The first kappa shape index (κ1) is 26.1. The minimum absolute atomic E-state index is 0.0380. The van der Waals surface area contributed by atoms with Gasteiger partial charge < -0.3 is 20.7 Å². The number of carbonyl (C=O) groups is 1. The van der Waals surface area contributed by atoms with Crippen LogP contribution in [0.5, 0.6) is 0 Å². The Bertz CT molecular complexity index is 1270. The van der Waals surface area contributed by atoms with E-state index in [9.17, 15) is 13.2 Å². The molecule has 0 radical (unpaired) electrons. The van der Waals surface area contributed by atoms with Crippen molar-refractivity contribution in [3.8, 4) is 6.07 Å². The van der Waals surface area contributed by atoms with Gasteiger partial charge in [0.05, 0.1) is 27.1 Å². The van der Waals surface area contributed by atoms with Crippen molar-refractivity contribution < 1.29 is 17.9 Å². The molecule has 3 heterocycles. The van der Waals surface area contributed by atoms with E-state index in [0.717, 1.165) is 12.8 Å². The first-order valence-corrected chi connectivity index (χ1v) is 14.2. The van der Waals surface area contributed by atoms with Crippen molar-refractivity contribution in [3.63, 3.8) is 0 Å². The number of nitrogens with one attached hydrogen (secondary N) is 1. The Kier molecular flexibility index (Phi) is 7.97. The molecule has 10 nitrogen and oxygen atoms in total. The predicted molar refractivity (Wildman–Crippen MR) is 137 cm³/mol. The standard InChI is InChI=1S/C24H29ClN6O4S/c1-36(33,34)18-4-2-16(3-5-18)31(17-6-8-35-9-7-17)21-11-22(28-14-19(21)23(27)32)30-24-20(25)10-15(12-26)13-29-24/h10-11,13-14,16-18H,2-9H2,1H3,(H2,27,32)(H,28,29,30). The lowest BCUT2D eigenvalue weighted by Gasteiger charge is -2.44. The maximum absolute atomic E-state index is 12.4. The van der Waals surface area contributed by atoms with Crippen LogP contribution in [0.3, 0.4) is 0 Å². The molecule has 0 bridgehead atoms. The van der Waals surface area contributed by atoms with Gasteiger partial charge in [-0.15, -0.1) is 0 Å². The molecular weight excluding hydrogens is 504 g/mol. The second-order valence-electron chi connectivity index (χ2n) is 9.25. The minimum Gasteiger partial charge on any atom is -0.381 e. The molecule has 0 spiro atoms. The second-order valence-corrected chi connectivity index (χ2v) is 12.0. The number of nitriles is 1. The van der Waals surface area contributed by atoms with Gasteiger partial charge in [0.1, 0.15) is 27.5 Å². The van der Waals surface area contributed by atoms with Crippen LogP contribution in [0.4, 0.5) is 17.3 Å². The van der Waals surface area contributed by atoms with Crippen LogP contribution in [-0.2, 0) is 14.6 Å². The fourth-order valence-corrected chi connectivity index (χ4v) is 6.38. The number of nitrogens with two attached hydrogens (primary N) is 1. The summed E-state index contributed by atoms with van der Waals surface area (Å²) in [6, 6.07) is 5.39. The largest absolute Gasteiger partial charge is 0.381 e. The van der Waals surface area contributed by atoms with Crippen LogP contribution in [0.15, 0.2) is 24.5 Å². The van der Waals surface area contributed by atoms with Crippen LogP contribution < -0.4 is 16.0 Å². The highest BCUT2D eigenvalue weighted by atomic mass is 35.5. The van der Waals surface area contributed by atoms with Crippen LogP contribution in [0.1, 0.15) is 54.4 Å². The molecule has 1 amide bonds. The monoisotopic (exact) mass is 532 g/mol. The second kappa shape index (κ2) is 11.0. The van der Waals surface area contributed by atoms with Gasteiger partial charge in [0.25, 0.3) is 5.91 Å². The van der Waals surface area contributed by atoms with Gasteiger partial charge in [0.15, 0.2) is 0 Å². The van der Waals surface area contributed by atoms with Gasteiger partial charge in [-0.3, -0.25) is 4.79 Å². The normalized spacial score (nSPS) is 20.9. The average molecular weight is 533 g/mol. The first-order chi connectivity index (χ1) is 17.2. The summed E-state index contributed by atoms with van der Waals surface area (Å²) in [5.41, 5.74) is 7.01. The predicted octanol–water partition coefficient (Wildman–Crippen LogP) is 3.19. The summed E-state index contributed by atoms with van der Waals surface area (Å²) in [4.78, 5) is 23.2. The molecule has 36 heavy (non-hydrogen) atoms. The summed E-state index contributed by atoms with van der Waals surface area (Å²) in [6.45, 7) is 1.21. The third kappa shape index (κ3) is 5.88. The number of rotatable bonds is 7. The van der Waals surface area contributed by atoms with Gasteiger partial charge in [-0.1, -0.05) is 11.6 Å². The molecule has 1 saturated carbocycles. The van der Waals surface area contributed by atoms with Crippen molar-refractivity contribution in [2.24, 2.45) is 5.73 Å². The smallest absolute Gasteiger partial charge is 0.252 e. The lowest BCUT2D eigenvalue weighted by molar-refractivity contribution is 0.0815. The molecule has 12 heteroatoms. The van der Waals surface area contributed by atoms with Gasteiger partial charge >= 0.3 is 0 Å². The zero-order valence-corrected chi connectivity index (χ0v) is 21.6. The third-order valence-electron chi connectivity index (χ3n) is 6.87.